The predicted molar refractivity (Wildman–Crippen MR) is 77.7 cm³/mol. The molecule has 0 fully saturated rings. The van der Waals surface area contributed by atoms with Crippen LogP contribution in [0, 0.1) is 16.0 Å². The average Bonchev–Trinajstić information content (AvgIpc) is 2.42. The van der Waals surface area contributed by atoms with Crippen molar-refractivity contribution in [3.05, 3.63) is 39.9 Å². The smallest absolute Gasteiger partial charge is 0.267 e. The summed E-state index contributed by atoms with van der Waals surface area (Å²) in [5, 5.41) is 14.5. The topological polar surface area (TPSA) is 84.6 Å². The van der Waals surface area contributed by atoms with Crippen molar-refractivity contribution in [3.8, 4) is 0 Å². The molecule has 0 aliphatic heterocycles. The monoisotopic (exact) mass is 277 g/mol. The zero-order valence-electron chi connectivity index (χ0n) is 11.9. The van der Waals surface area contributed by atoms with Gasteiger partial charge in [0.2, 0.25) is 0 Å². The molecule has 6 nitrogen and oxygen atoms in total. The number of hydrogen-bond acceptors (Lipinski definition) is 4. The normalized spacial score (nSPS) is 11.5. The Morgan fingerprint density at radius 3 is 2.45 bits per heavy atom. The highest BCUT2D eigenvalue weighted by Gasteiger charge is 2.08. The molecule has 0 spiro atoms. The van der Waals surface area contributed by atoms with Crippen LogP contribution in [0.2, 0.25) is 0 Å². The minimum absolute atomic E-state index is 0.0434. The van der Waals surface area contributed by atoms with E-state index in [0.29, 0.717) is 11.5 Å². The third kappa shape index (κ3) is 5.17. The summed E-state index contributed by atoms with van der Waals surface area (Å²) in [7, 11) is 0. The molecular formula is C14H19N3O3. The largest absolute Gasteiger partial charge is 0.271 e. The fraction of sp³-hybridized carbons (Fsp3) is 0.429. The Morgan fingerprint density at radius 1 is 1.35 bits per heavy atom. The second kappa shape index (κ2) is 7.37. The fourth-order valence-electron chi connectivity index (χ4n) is 1.50. The van der Waals surface area contributed by atoms with Crippen LogP contribution in [-0.4, -0.2) is 16.5 Å². The maximum absolute atomic E-state index is 11.8. The third-order valence-electron chi connectivity index (χ3n) is 2.77. The van der Waals surface area contributed by atoms with Crippen LogP contribution >= 0.6 is 0 Å². The molecule has 0 atom stereocenters. The van der Waals surface area contributed by atoms with E-state index in [0.717, 1.165) is 18.6 Å². The molecule has 1 amide bonds. The van der Waals surface area contributed by atoms with Crippen LogP contribution in [0.1, 0.15) is 44.0 Å². The van der Waals surface area contributed by atoms with Crippen molar-refractivity contribution in [3.63, 3.8) is 0 Å². The van der Waals surface area contributed by atoms with Gasteiger partial charge in [-0.25, -0.2) is 5.43 Å². The molecule has 0 saturated heterocycles. The molecule has 0 radical (unpaired) electrons. The maximum Gasteiger partial charge on any atom is 0.271 e. The molecule has 0 bridgehead atoms. The van der Waals surface area contributed by atoms with Crippen LogP contribution in [0.4, 0.5) is 5.69 Å². The van der Waals surface area contributed by atoms with Crippen molar-refractivity contribution < 1.29 is 9.72 Å². The first-order valence-electron chi connectivity index (χ1n) is 6.48. The van der Waals surface area contributed by atoms with Crippen LogP contribution < -0.4 is 5.43 Å². The van der Waals surface area contributed by atoms with E-state index in [1.807, 2.05) is 6.92 Å². The molecular weight excluding hydrogens is 258 g/mol. The van der Waals surface area contributed by atoms with E-state index < -0.39 is 4.92 Å². The van der Waals surface area contributed by atoms with Gasteiger partial charge in [0, 0.05) is 23.4 Å². The zero-order valence-corrected chi connectivity index (χ0v) is 11.9. The summed E-state index contributed by atoms with van der Waals surface area (Å²) in [5.74, 6) is 0.217. The van der Waals surface area contributed by atoms with Gasteiger partial charge in [0.15, 0.2) is 0 Å². The number of hydrazone groups is 1. The van der Waals surface area contributed by atoms with Gasteiger partial charge in [0.05, 0.1) is 4.92 Å². The number of amides is 1. The van der Waals surface area contributed by atoms with Crippen LogP contribution in [0.3, 0.4) is 0 Å². The highest BCUT2D eigenvalue weighted by molar-refractivity contribution is 5.95. The van der Waals surface area contributed by atoms with Crippen LogP contribution in [0.25, 0.3) is 0 Å². The van der Waals surface area contributed by atoms with Gasteiger partial charge < -0.3 is 0 Å². The Hall–Kier alpha value is -2.24. The molecule has 0 aromatic heterocycles. The number of benzene rings is 1. The first-order valence-corrected chi connectivity index (χ1v) is 6.48. The number of hydrogen-bond donors (Lipinski definition) is 1. The quantitative estimate of drug-likeness (QED) is 0.492. The second-order valence-corrected chi connectivity index (χ2v) is 5.02. The first-order chi connectivity index (χ1) is 9.40. The lowest BCUT2D eigenvalue weighted by Crippen LogP contribution is -2.19. The van der Waals surface area contributed by atoms with Gasteiger partial charge >= 0.3 is 0 Å². The molecule has 6 heteroatoms. The number of carbonyl (C=O) groups excluding carboxylic acids is 1. The molecule has 0 aliphatic rings. The molecule has 20 heavy (non-hydrogen) atoms. The van der Waals surface area contributed by atoms with Crippen LogP contribution in [0.5, 0.6) is 0 Å². The van der Waals surface area contributed by atoms with E-state index in [4.69, 9.17) is 0 Å². The lowest BCUT2D eigenvalue weighted by molar-refractivity contribution is -0.384. The first kappa shape index (κ1) is 15.8. The molecule has 0 aliphatic carbocycles. The molecule has 108 valence electrons. The molecule has 1 aromatic carbocycles. The van der Waals surface area contributed by atoms with Gasteiger partial charge in [-0.2, -0.15) is 5.10 Å². The van der Waals surface area contributed by atoms with Crippen molar-refractivity contribution in [2.24, 2.45) is 11.0 Å². The summed E-state index contributed by atoms with van der Waals surface area (Å²) in [6.45, 7) is 6.12. The molecule has 1 N–H and O–H groups in total. The Morgan fingerprint density at radius 2 is 1.95 bits per heavy atom. The Bertz CT molecular complexity index is 507. The number of carbonyl (C=O) groups is 1. The Labute approximate surface area is 118 Å². The second-order valence-electron chi connectivity index (χ2n) is 5.02. The number of nitro groups is 1. The highest BCUT2D eigenvalue weighted by atomic mass is 16.6. The van der Waals surface area contributed by atoms with Crippen molar-refractivity contribution in [1.82, 2.24) is 5.43 Å². The zero-order chi connectivity index (χ0) is 15.1. The van der Waals surface area contributed by atoms with E-state index in [2.05, 4.69) is 24.4 Å². The summed E-state index contributed by atoms with van der Waals surface area (Å²) < 4.78 is 0. The van der Waals surface area contributed by atoms with Crippen molar-refractivity contribution in [1.29, 1.82) is 0 Å². The number of nitrogens with zero attached hydrogens (tertiary/aromatic N) is 2. The summed E-state index contributed by atoms with van der Waals surface area (Å²) in [5.41, 5.74) is 3.61. The molecule has 0 saturated carbocycles. The van der Waals surface area contributed by atoms with E-state index in [-0.39, 0.29) is 11.6 Å². The van der Waals surface area contributed by atoms with Crippen LogP contribution in [0.15, 0.2) is 29.4 Å². The Balaban J connectivity index is 2.58. The predicted octanol–water partition coefficient (Wildman–Crippen LogP) is 3.14. The van der Waals surface area contributed by atoms with E-state index in [1.54, 1.807) is 0 Å². The van der Waals surface area contributed by atoms with Gasteiger partial charge in [-0.05, 0) is 37.8 Å². The maximum atomic E-state index is 11.8. The van der Waals surface area contributed by atoms with Gasteiger partial charge in [-0.1, -0.05) is 13.8 Å². The summed E-state index contributed by atoms with van der Waals surface area (Å²) in [6.07, 6.45) is 1.85. The lowest BCUT2D eigenvalue weighted by Gasteiger charge is -2.05. The highest BCUT2D eigenvalue weighted by Crippen LogP contribution is 2.11. The van der Waals surface area contributed by atoms with E-state index in [1.165, 1.54) is 24.3 Å². The summed E-state index contributed by atoms with van der Waals surface area (Å²) >= 11 is 0. The van der Waals surface area contributed by atoms with Gasteiger partial charge in [0.25, 0.3) is 11.6 Å². The SMILES string of the molecule is CC(CCC(C)C)=NNC(=O)c1ccc([N+](=O)[O-])cc1. The number of non-ortho nitro benzene ring substituents is 1. The fourth-order valence-corrected chi connectivity index (χ4v) is 1.50. The summed E-state index contributed by atoms with van der Waals surface area (Å²) in [4.78, 5) is 21.8. The third-order valence-corrected chi connectivity index (χ3v) is 2.77. The van der Waals surface area contributed by atoms with Crippen molar-refractivity contribution >= 4 is 17.3 Å². The van der Waals surface area contributed by atoms with Gasteiger partial charge in [0.1, 0.15) is 0 Å². The average molecular weight is 277 g/mol. The standard InChI is InChI=1S/C14H19N3O3/c1-10(2)4-5-11(3)15-16-14(18)12-6-8-13(9-7-12)17(19)20/h6-10H,4-5H2,1-3H3,(H,16,18). The lowest BCUT2D eigenvalue weighted by atomic mass is 10.1. The van der Waals surface area contributed by atoms with E-state index >= 15 is 0 Å². The van der Waals surface area contributed by atoms with Gasteiger partial charge in [-0.3, -0.25) is 14.9 Å². The molecule has 1 aromatic rings. The number of rotatable bonds is 6. The molecule has 0 unspecified atom stereocenters. The van der Waals surface area contributed by atoms with Crippen molar-refractivity contribution in [2.45, 2.75) is 33.6 Å². The van der Waals surface area contributed by atoms with Crippen LogP contribution in [-0.2, 0) is 0 Å². The molecule has 0 heterocycles. The number of nitro benzene ring substituents is 1. The minimum Gasteiger partial charge on any atom is -0.267 e. The number of nitrogens with one attached hydrogen (secondary N) is 1. The molecule has 1 rings (SSSR count). The van der Waals surface area contributed by atoms with Gasteiger partial charge in [-0.15, -0.1) is 0 Å². The summed E-state index contributed by atoms with van der Waals surface area (Å²) in [6, 6.07) is 5.41. The Kier molecular flexibility index (Phi) is 5.83. The van der Waals surface area contributed by atoms with Crippen molar-refractivity contribution in [2.75, 3.05) is 0 Å². The minimum atomic E-state index is -0.504. The van der Waals surface area contributed by atoms with E-state index in [9.17, 15) is 14.9 Å².